The molecule has 0 amide bonds. The third-order valence-electron chi connectivity index (χ3n) is 4.24. The number of ether oxygens (including phenoxy) is 1. The summed E-state index contributed by atoms with van der Waals surface area (Å²) in [4.78, 5) is 0. The van der Waals surface area contributed by atoms with E-state index in [0.717, 1.165) is 19.8 Å². The number of rotatable bonds is 2. The first-order valence-corrected chi connectivity index (χ1v) is 6.56. The molecule has 110 valence electrons. The van der Waals surface area contributed by atoms with Crippen molar-refractivity contribution in [1.82, 2.24) is 15.1 Å². The average molecular weight is 308 g/mol. The van der Waals surface area contributed by atoms with Crippen molar-refractivity contribution in [3.8, 4) is 0 Å². The standard InChI is InChI=1S/C13H21N3O.2ClH/c1-10(2)16-8-11(7-15-16)12-13(9-14-12)3-5-17-6-4-13;;/h7-8,10,12,14H,3-6,9H2,1-2H3;2*1H. The second-order valence-corrected chi connectivity index (χ2v) is 5.64. The molecule has 0 bridgehead atoms. The van der Waals surface area contributed by atoms with Crippen LogP contribution in [0.15, 0.2) is 12.4 Å². The Balaban J connectivity index is 0.000000902. The van der Waals surface area contributed by atoms with Crippen LogP contribution in [-0.4, -0.2) is 29.5 Å². The van der Waals surface area contributed by atoms with E-state index in [2.05, 4.69) is 30.5 Å². The molecule has 2 fully saturated rings. The van der Waals surface area contributed by atoms with Gasteiger partial charge in [0.05, 0.1) is 6.20 Å². The Kier molecular flexibility index (Phi) is 5.68. The fourth-order valence-corrected chi connectivity index (χ4v) is 2.99. The molecule has 1 aromatic heterocycles. The molecule has 2 saturated heterocycles. The molecule has 2 aliphatic heterocycles. The average Bonchev–Trinajstić information content (AvgIpc) is 2.78. The lowest BCUT2D eigenvalue weighted by molar-refractivity contribution is -0.0479. The molecule has 1 unspecified atom stereocenters. The van der Waals surface area contributed by atoms with Gasteiger partial charge in [-0.15, -0.1) is 24.8 Å². The van der Waals surface area contributed by atoms with E-state index < -0.39 is 0 Å². The predicted octanol–water partition coefficient (Wildman–Crippen LogP) is 2.75. The van der Waals surface area contributed by atoms with Gasteiger partial charge in [0.25, 0.3) is 0 Å². The van der Waals surface area contributed by atoms with Crippen molar-refractivity contribution >= 4 is 24.8 Å². The number of hydrogen-bond acceptors (Lipinski definition) is 3. The van der Waals surface area contributed by atoms with Gasteiger partial charge in [-0.3, -0.25) is 4.68 Å². The summed E-state index contributed by atoms with van der Waals surface area (Å²) in [5, 5.41) is 8.01. The highest BCUT2D eigenvalue weighted by molar-refractivity contribution is 5.85. The molecule has 3 heterocycles. The third-order valence-corrected chi connectivity index (χ3v) is 4.24. The largest absolute Gasteiger partial charge is 0.381 e. The molecule has 6 heteroatoms. The Morgan fingerprint density at radius 3 is 2.53 bits per heavy atom. The van der Waals surface area contributed by atoms with Crippen molar-refractivity contribution in [1.29, 1.82) is 0 Å². The molecule has 0 saturated carbocycles. The van der Waals surface area contributed by atoms with Gasteiger partial charge >= 0.3 is 0 Å². The SMILES string of the molecule is CC(C)n1cc(C2NCC23CCOCC3)cn1.Cl.Cl. The quantitative estimate of drug-likeness (QED) is 0.913. The summed E-state index contributed by atoms with van der Waals surface area (Å²) in [6.45, 7) is 7.28. The van der Waals surface area contributed by atoms with Crippen molar-refractivity contribution in [2.45, 2.75) is 38.8 Å². The minimum atomic E-state index is 0. The molecular formula is C13H23Cl2N3O. The van der Waals surface area contributed by atoms with Crippen LogP contribution in [0, 0.1) is 5.41 Å². The Morgan fingerprint density at radius 2 is 2.05 bits per heavy atom. The summed E-state index contributed by atoms with van der Waals surface area (Å²) in [5.74, 6) is 0. The molecule has 3 rings (SSSR count). The first-order chi connectivity index (χ1) is 8.21. The predicted molar refractivity (Wildman–Crippen MR) is 80.3 cm³/mol. The van der Waals surface area contributed by atoms with Crippen molar-refractivity contribution in [3.05, 3.63) is 18.0 Å². The highest BCUT2D eigenvalue weighted by atomic mass is 35.5. The van der Waals surface area contributed by atoms with Crippen LogP contribution in [0.2, 0.25) is 0 Å². The van der Waals surface area contributed by atoms with Crippen LogP contribution in [0.25, 0.3) is 0 Å². The summed E-state index contributed by atoms with van der Waals surface area (Å²) in [6, 6.07) is 0.924. The van der Waals surface area contributed by atoms with Crippen LogP contribution in [0.3, 0.4) is 0 Å². The summed E-state index contributed by atoms with van der Waals surface area (Å²) < 4.78 is 7.52. The summed E-state index contributed by atoms with van der Waals surface area (Å²) >= 11 is 0. The van der Waals surface area contributed by atoms with Gasteiger partial charge in [-0.1, -0.05) is 0 Å². The van der Waals surface area contributed by atoms with E-state index in [4.69, 9.17) is 4.74 Å². The lowest BCUT2D eigenvalue weighted by Gasteiger charge is -2.52. The van der Waals surface area contributed by atoms with Gasteiger partial charge in [0, 0.05) is 49.0 Å². The lowest BCUT2D eigenvalue weighted by atomic mass is 9.66. The van der Waals surface area contributed by atoms with Gasteiger partial charge in [0.1, 0.15) is 0 Å². The molecule has 0 aliphatic carbocycles. The molecule has 1 spiro atoms. The maximum atomic E-state index is 5.48. The first kappa shape index (κ1) is 16.8. The van der Waals surface area contributed by atoms with E-state index in [1.165, 1.54) is 18.4 Å². The van der Waals surface area contributed by atoms with Crippen molar-refractivity contribution in [2.75, 3.05) is 19.8 Å². The Hall–Kier alpha value is -0.290. The highest BCUT2D eigenvalue weighted by Crippen LogP contribution is 2.48. The Morgan fingerprint density at radius 1 is 1.37 bits per heavy atom. The van der Waals surface area contributed by atoms with E-state index in [-0.39, 0.29) is 24.8 Å². The Labute approximate surface area is 127 Å². The van der Waals surface area contributed by atoms with Crippen LogP contribution in [0.1, 0.15) is 44.3 Å². The van der Waals surface area contributed by atoms with Crippen molar-refractivity contribution in [3.63, 3.8) is 0 Å². The normalized spacial score (nSPS) is 24.5. The molecule has 2 aliphatic rings. The fraction of sp³-hybridized carbons (Fsp3) is 0.769. The summed E-state index contributed by atoms with van der Waals surface area (Å²) in [6.07, 6.45) is 6.57. The molecule has 4 nitrogen and oxygen atoms in total. The van der Waals surface area contributed by atoms with Crippen LogP contribution in [0.4, 0.5) is 0 Å². The molecule has 0 radical (unpaired) electrons. The molecule has 1 N–H and O–H groups in total. The molecule has 1 aromatic rings. The number of hydrogen-bond donors (Lipinski definition) is 1. The zero-order valence-corrected chi connectivity index (χ0v) is 13.1. The highest BCUT2D eigenvalue weighted by Gasteiger charge is 2.48. The maximum absolute atomic E-state index is 5.48. The van der Waals surface area contributed by atoms with Crippen LogP contribution in [-0.2, 0) is 4.74 Å². The second-order valence-electron chi connectivity index (χ2n) is 5.64. The zero-order chi connectivity index (χ0) is 11.9. The molecule has 0 aromatic carbocycles. The van der Waals surface area contributed by atoms with Crippen molar-refractivity contribution < 1.29 is 4.74 Å². The van der Waals surface area contributed by atoms with E-state index in [1.54, 1.807) is 0 Å². The topological polar surface area (TPSA) is 39.1 Å². The lowest BCUT2D eigenvalue weighted by Crippen LogP contribution is -2.58. The Bertz CT molecular complexity index is 402. The second kappa shape index (κ2) is 6.44. The van der Waals surface area contributed by atoms with Gasteiger partial charge in [-0.2, -0.15) is 5.10 Å². The fourth-order valence-electron chi connectivity index (χ4n) is 2.99. The van der Waals surface area contributed by atoms with E-state index in [1.807, 2.05) is 10.9 Å². The number of nitrogens with one attached hydrogen (secondary N) is 1. The third kappa shape index (κ3) is 2.92. The number of nitrogens with zero attached hydrogens (tertiary/aromatic N) is 2. The monoisotopic (exact) mass is 307 g/mol. The van der Waals surface area contributed by atoms with Crippen molar-refractivity contribution in [2.24, 2.45) is 5.41 Å². The van der Waals surface area contributed by atoms with Gasteiger partial charge in [-0.25, -0.2) is 0 Å². The van der Waals surface area contributed by atoms with Crippen LogP contribution >= 0.6 is 24.8 Å². The van der Waals surface area contributed by atoms with E-state index >= 15 is 0 Å². The minimum Gasteiger partial charge on any atom is -0.381 e. The number of aromatic nitrogens is 2. The van der Waals surface area contributed by atoms with Crippen LogP contribution < -0.4 is 5.32 Å². The molecular weight excluding hydrogens is 285 g/mol. The minimum absolute atomic E-state index is 0. The van der Waals surface area contributed by atoms with Crippen LogP contribution in [0.5, 0.6) is 0 Å². The summed E-state index contributed by atoms with van der Waals surface area (Å²) in [5.41, 5.74) is 1.77. The smallest absolute Gasteiger partial charge is 0.0537 e. The maximum Gasteiger partial charge on any atom is 0.0537 e. The molecule has 1 atom stereocenters. The summed E-state index contributed by atoms with van der Waals surface area (Å²) in [7, 11) is 0. The van der Waals surface area contributed by atoms with E-state index in [9.17, 15) is 0 Å². The first-order valence-electron chi connectivity index (χ1n) is 6.56. The van der Waals surface area contributed by atoms with E-state index in [0.29, 0.717) is 17.5 Å². The van der Waals surface area contributed by atoms with Gasteiger partial charge < -0.3 is 10.1 Å². The van der Waals surface area contributed by atoms with Gasteiger partial charge in [0.15, 0.2) is 0 Å². The zero-order valence-electron chi connectivity index (χ0n) is 11.5. The molecule has 19 heavy (non-hydrogen) atoms. The number of halogens is 2. The van der Waals surface area contributed by atoms with Gasteiger partial charge in [-0.05, 0) is 26.7 Å². The van der Waals surface area contributed by atoms with Gasteiger partial charge in [0.2, 0.25) is 0 Å².